The number of amides is 1. The molecule has 26 heavy (non-hydrogen) atoms. The van der Waals surface area contributed by atoms with E-state index in [0.717, 1.165) is 16.8 Å². The van der Waals surface area contributed by atoms with Gasteiger partial charge in [0.25, 0.3) is 5.91 Å². The third-order valence-corrected chi connectivity index (χ3v) is 4.58. The van der Waals surface area contributed by atoms with Crippen LogP contribution in [-0.4, -0.2) is 25.8 Å². The normalized spacial score (nSPS) is 15.0. The Hall–Kier alpha value is -2.96. The highest BCUT2D eigenvalue weighted by Crippen LogP contribution is 2.39. The van der Waals surface area contributed by atoms with Crippen LogP contribution in [0.2, 0.25) is 0 Å². The van der Waals surface area contributed by atoms with Crippen LogP contribution >= 0.6 is 0 Å². The molecule has 134 valence electrons. The molecule has 7 nitrogen and oxygen atoms in total. The van der Waals surface area contributed by atoms with Crippen LogP contribution in [-0.2, 0) is 7.05 Å². The van der Waals surface area contributed by atoms with Gasteiger partial charge in [0.1, 0.15) is 11.7 Å². The maximum atomic E-state index is 12.5. The van der Waals surface area contributed by atoms with Crippen molar-refractivity contribution >= 4 is 5.91 Å². The molecule has 2 heterocycles. The highest BCUT2D eigenvalue weighted by atomic mass is 16.5. The van der Waals surface area contributed by atoms with Crippen LogP contribution in [0, 0.1) is 6.92 Å². The molecule has 2 aromatic heterocycles. The summed E-state index contributed by atoms with van der Waals surface area (Å²) >= 11 is 0. The summed E-state index contributed by atoms with van der Waals surface area (Å²) in [7, 11) is 1.87. The number of benzene rings is 1. The minimum absolute atomic E-state index is 0.240. The number of hydrogen-bond donors (Lipinski definition) is 1. The lowest BCUT2D eigenvalue weighted by molar-refractivity contribution is 0.0926. The highest BCUT2D eigenvalue weighted by molar-refractivity contribution is 5.92. The molecule has 1 amide bonds. The van der Waals surface area contributed by atoms with E-state index in [4.69, 9.17) is 4.52 Å². The number of carbonyl (C=O) groups is 1. The Balaban J connectivity index is 1.47. The van der Waals surface area contributed by atoms with Crippen LogP contribution in [0.25, 0.3) is 11.4 Å². The summed E-state index contributed by atoms with van der Waals surface area (Å²) in [5, 5.41) is 11.2. The molecule has 0 radical (unpaired) electrons. The number of rotatable bonds is 5. The van der Waals surface area contributed by atoms with E-state index in [1.165, 1.54) is 12.8 Å². The second-order valence-corrected chi connectivity index (χ2v) is 6.87. The first-order valence-corrected chi connectivity index (χ1v) is 8.76. The second kappa shape index (κ2) is 6.40. The molecule has 0 spiro atoms. The SMILES string of the molecule is Cc1cccc(-c2noc(C(C)NC(=O)c3cc(C4CC4)n(C)n3)n2)c1. The minimum Gasteiger partial charge on any atom is -0.339 e. The van der Waals surface area contributed by atoms with Gasteiger partial charge in [-0.3, -0.25) is 9.48 Å². The van der Waals surface area contributed by atoms with Gasteiger partial charge in [-0.15, -0.1) is 0 Å². The molecule has 1 unspecified atom stereocenters. The molecule has 1 aliphatic carbocycles. The molecule has 1 aromatic carbocycles. The van der Waals surface area contributed by atoms with Crippen LogP contribution in [0.15, 0.2) is 34.9 Å². The summed E-state index contributed by atoms with van der Waals surface area (Å²) in [6, 6.07) is 9.34. The van der Waals surface area contributed by atoms with Crippen LogP contribution < -0.4 is 5.32 Å². The lowest BCUT2D eigenvalue weighted by Gasteiger charge is -2.07. The molecule has 1 atom stereocenters. The van der Waals surface area contributed by atoms with Gasteiger partial charge in [0.05, 0.1) is 0 Å². The summed E-state index contributed by atoms with van der Waals surface area (Å²) in [4.78, 5) is 16.9. The van der Waals surface area contributed by atoms with Gasteiger partial charge >= 0.3 is 0 Å². The molecule has 1 N–H and O–H groups in total. The molecule has 1 aliphatic rings. The molecular weight excluding hydrogens is 330 g/mol. The van der Waals surface area contributed by atoms with Crippen molar-refractivity contribution in [3.63, 3.8) is 0 Å². The number of nitrogens with one attached hydrogen (secondary N) is 1. The standard InChI is InChI=1S/C19H21N5O2/c1-11-5-4-6-14(9-11)17-21-19(26-23-17)12(2)20-18(25)15-10-16(13-7-8-13)24(3)22-15/h4-6,9-10,12-13H,7-8H2,1-3H3,(H,20,25). The first-order chi connectivity index (χ1) is 12.5. The van der Waals surface area contributed by atoms with Crippen molar-refractivity contribution in [2.45, 2.75) is 38.6 Å². The Kier molecular flexibility index (Phi) is 4.06. The average Bonchev–Trinajstić information content (AvgIpc) is 3.18. The number of carbonyl (C=O) groups excluding carboxylic acids is 1. The third kappa shape index (κ3) is 3.24. The predicted molar refractivity (Wildman–Crippen MR) is 95.5 cm³/mol. The zero-order chi connectivity index (χ0) is 18.3. The van der Waals surface area contributed by atoms with Crippen molar-refractivity contribution < 1.29 is 9.32 Å². The summed E-state index contributed by atoms with van der Waals surface area (Å²) in [5.74, 6) is 1.18. The molecular formula is C19H21N5O2. The Morgan fingerprint density at radius 2 is 2.15 bits per heavy atom. The molecule has 0 aliphatic heterocycles. The Morgan fingerprint density at radius 3 is 2.88 bits per heavy atom. The lowest BCUT2D eigenvalue weighted by atomic mass is 10.1. The van der Waals surface area contributed by atoms with Gasteiger partial charge in [0, 0.05) is 24.2 Å². The minimum atomic E-state index is -0.403. The van der Waals surface area contributed by atoms with E-state index >= 15 is 0 Å². The fourth-order valence-electron chi connectivity index (χ4n) is 3.00. The van der Waals surface area contributed by atoms with Crippen molar-refractivity contribution in [1.29, 1.82) is 0 Å². The average molecular weight is 351 g/mol. The maximum Gasteiger partial charge on any atom is 0.272 e. The van der Waals surface area contributed by atoms with E-state index in [0.29, 0.717) is 23.3 Å². The van der Waals surface area contributed by atoms with Gasteiger partial charge in [-0.2, -0.15) is 10.1 Å². The fraction of sp³-hybridized carbons (Fsp3) is 0.368. The molecule has 0 saturated heterocycles. The maximum absolute atomic E-state index is 12.5. The summed E-state index contributed by atoms with van der Waals surface area (Å²) < 4.78 is 7.12. The van der Waals surface area contributed by atoms with Gasteiger partial charge in [-0.1, -0.05) is 28.9 Å². The Morgan fingerprint density at radius 1 is 1.35 bits per heavy atom. The topological polar surface area (TPSA) is 85.8 Å². The van der Waals surface area contributed by atoms with E-state index in [1.807, 2.05) is 51.2 Å². The van der Waals surface area contributed by atoms with Crippen LogP contribution in [0.5, 0.6) is 0 Å². The molecule has 7 heteroatoms. The largest absolute Gasteiger partial charge is 0.339 e. The molecule has 4 rings (SSSR count). The first kappa shape index (κ1) is 16.5. The number of aryl methyl sites for hydroxylation is 2. The molecule has 3 aromatic rings. The van der Waals surface area contributed by atoms with Gasteiger partial charge in [0.15, 0.2) is 0 Å². The molecule has 1 fully saturated rings. The third-order valence-electron chi connectivity index (χ3n) is 4.58. The van der Waals surface area contributed by atoms with Crippen molar-refractivity contribution in [1.82, 2.24) is 25.2 Å². The van der Waals surface area contributed by atoms with Gasteiger partial charge < -0.3 is 9.84 Å². The van der Waals surface area contributed by atoms with E-state index in [9.17, 15) is 4.79 Å². The zero-order valence-corrected chi connectivity index (χ0v) is 15.1. The summed E-state index contributed by atoms with van der Waals surface area (Å²) in [5.41, 5.74) is 3.54. The summed E-state index contributed by atoms with van der Waals surface area (Å²) in [6.07, 6.45) is 2.33. The Bertz CT molecular complexity index is 955. The second-order valence-electron chi connectivity index (χ2n) is 6.87. The van der Waals surface area contributed by atoms with Crippen LogP contribution in [0.1, 0.15) is 59.4 Å². The van der Waals surface area contributed by atoms with Crippen molar-refractivity contribution in [3.05, 3.63) is 53.2 Å². The number of hydrogen-bond acceptors (Lipinski definition) is 5. The van der Waals surface area contributed by atoms with Crippen molar-refractivity contribution in [2.75, 3.05) is 0 Å². The van der Waals surface area contributed by atoms with E-state index < -0.39 is 6.04 Å². The van der Waals surface area contributed by atoms with Crippen molar-refractivity contribution in [3.8, 4) is 11.4 Å². The van der Waals surface area contributed by atoms with Gasteiger partial charge in [-0.05, 0) is 38.8 Å². The predicted octanol–water partition coefficient (Wildman–Crippen LogP) is 3.15. The number of nitrogens with zero attached hydrogens (tertiary/aromatic N) is 4. The zero-order valence-electron chi connectivity index (χ0n) is 15.1. The van der Waals surface area contributed by atoms with E-state index in [-0.39, 0.29) is 5.91 Å². The van der Waals surface area contributed by atoms with Gasteiger partial charge in [-0.25, -0.2) is 0 Å². The van der Waals surface area contributed by atoms with Crippen molar-refractivity contribution in [2.24, 2.45) is 7.05 Å². The quantitative estimate of drug-likeness (QED) is 0.763. The Labute approximate surface area is 151 Å². The number of aromatic nitrogens is 4. The first-order valence-electron chi connectivity index (χ1n) is 8.76. The summed E-state index contributed by atoms with van der Waals surface area (Å²) in [6.45, 7) is 3.83. The monoisotopic (exact) mass is 351 g/mol. The van der Waals surface area contributed by atoms with Gasteiger partial charge in [0.2, 0.25) is 11.7 Å². The molecule has 0 bridgehead atoms. The van der Waals surface area contributed by atoms with Crippen LogP contribution in [0.3, 0.4) is 0 Å². The molecule has 1 saturated carbocycles. The van der Waals surface area contributed by atoms with E-state index in [2.05, 4.69) is 20.6 Å². The smallest absolute Gasteiger partial charge is 0.272 e. The van der Waals surface area contributed by atoms with Crippen LogP contribution in [0.4, 0.5) is 0 Å². The highest BCUT2D eigenvalue weighted by Gasteiger charge is 2.28. The van der Waals surface area contributed by atoms with E-state index in [1.54, 1.807) is 4.68 Å². The fourth-order valence-corrected chi connectivity index (χ4v) is 3.00. The lowest BCUT2D eigenvalue weighted by Crippen LogP contribution is -2.27.